The summed E-state index contributed by atoms with van der Waals surface area (Å²) in [5.74, 6) is -1.31. The first-order valence-corrected chi connectivity index (χ1v) is 21.4. The highest BCUT2D eigenvalue weighted by atomic mass is 32.2. The van der Waals surface area contributed by atoms with Crippen LogP contribution in [0.5, 0.6) is 11.6 Å². The van der Waals surface area contributed by atoms with Gasteiger partial charge in [-0.05, 0) is 107 Å². The summed E-state index contributed by atoms with van der Waals surface area (Å²) in [5, 5.41) is 1.56. The molecular weight excluding hydrogens is 737 g/mol. The number of aromatic nitrogens is 1. The number of Topliss-reactive ketones (excluding diaryl/α,β-unsaturated/α-hetero) is 1. The number of amides is 2. The molecule has 4 aliphatic rings. The van der Waals surface area contributed by atoms with Crippen molar-refractivity contribution in [3.63, 3.8) is 0 Å². The van der Waals surface area contributed by atoms with Crippen LogP contribution in [0.25, 0.3) is 10.8 Å². The van der Waals surface area contributed by atoms with Gasteiger partial charge in [0, 0.05) is 32.3 Å². The SMILES string of the molecule is COc1ccc2c(O[C@@H]3C[C@H]4C(=O)C[C@]5(C(=O)NS(=O)(=O)C6(C)CC6)C[C@H]5/C=C\CC[C@H](C)C[C@@H](C)[C@H](CC(=O)OC(C)C)C(=O)N4C3)nc(N(C)C)cc2c1. The highest BCUT2D eigenvalue weighted by molar-refractivity contribution is 7.91. The quantitative estimate of drug-likeness (QED) is 0.236. The first-order valence-electron chi connectivity index (χ1n) is 19.9. The maximum absolute atomic E-state index is 14.9. The van der Waals surface area contributed by atoms with Crippen molar-refractivity contribution >= 4 is 50.2 Å². The lowest BCUT2D eigenvalue weighted by molar-refractivity contribution is -0.154. The number of pyridine rings is 1. The number of allylic oxidation sites excluding steroid dienone is 2. The van der Waals surface area contributed by atoms with Crippen LogP contribution in [0.15, 0.2) is 36.4 Å². The molecule has 7 atom stereocenters. The molecule has 3 fully saturated rings. The lowest BCUT2D eigenvalue weighted by Crippen LogP contribution is -2.48. The number of methoxy groups -OCH3 is 1. The van der Waals surface area contributed by atoms with Crippen LogP contribution >= 0.6 is 0 Å². The highest BCUT2D eigenvalue weighted by Gasteiger charge is 2.62. The number of nitrogens with zero attached hydrogens (tertiary/aromatic N) is 3. The van der Waals surface area contributed by atoms with Gasteiger partial charge in [-0.3, -0.25) is 23.9 Å². The molecule has 0 unspecified atom stereocenters. The summed E-state index contributed by atoms with van der Waals surface area (Å²) in [4.78, 5) is 65.0. The molecule has 0 radical (unpaired) electrons. The van der Waals surface area contributed by atoms with Crippen LogP contribution in [0.3, 0.4) is 0 Å². The Kier molecular flexibility index (Phi) is 11.8. The predicted octanol–water partition coefficient (Wildman–Crippen LogP) is 5.59. The Bertz CT molecular complexity index is 1990. The highest BCUT2D eigenvalue weighted by Crippen LogP contribution is 2.57. The largest absolute Gasteiger partial charge is 0.497 e. The van der Waals surface area contributed by atoms with Crippen molar-refractivity contribution in [1.82, 2.24) is 14.6 Å². The van der Waals surface area contributed by atoms with E-state index >= 15 is 0 Å². The number of ether oxygens (including phenoxy) is 3. The zero-order valence-electron chi connectivity index (χ0n) is 34.0. The molecule has 2 amide bonds. The zero-order chi connectivity index (χ0) is 40.7. The van der Waals surface area contributed by atoms with Gasteiger partial charge in [0.15, 0.2) is 5.78 Å². The topological polar surface area (TPSA) is 162 Å². The number of fused-ring (bicyclic) bond motifs is 3. The fourth-order valence-corrected chi connectivity index (χ4v) is 9.70. The molecule has 0 spiro atoms. The molecule has 2 aromatic rings. The van der Waals surface area contributed by atoms with Gasteiger partial charge in [-0.1, -0.05) is 26.0 Å². The Hall–Kier alpha value is -4.20. The van der Waals surface area contributed by atoms with Crippen LogP contribution in [0.2, 0.25) is 0 Å². The first kappa shape index (κ1) is 41.4. The smallest absolute Gasteiger partial charge is 0.306 e. The number of rotatable bonds is 10. The molecule has 0 bridgehead atoms. The van der Waals surface area contributed by atoms with Gasteiger partial charge in [0.25, 0.3) is 0 Å². The second-order valence-corrected chi connectivity index (χ2v) is 19.6. The van der Waals surface area contributed by atoms with E-state index in [1.165, 1.54) is 4.90 Å². The number of nitrogens with one attached hydrogen (secondary N) is 1. The van der Waals surface area contributed by atoms with Crippen molar-refractivity contribution < 1.29 is 41.8 Å². The number of ketones is 1. The average molecular weight is 795 g/mol. The first-order chi connectivity index (χ1) is 26.4. The number of hydrogen-bond donors (Lipinski definition) is 1. The van der Waals surface area contributed by atoms with E-state index in [1.54, 1.807) is 27.9 Å². The number of sulfonamides is 1. The minimum atomic E-state index is -3.95. The lowest BCUT2D eigenvalue weighted by atomic mass is 9.82. The summed E-state index contributed by atoms with van der Waals surface area (Å²) < 4.78 is 45.5. The number of hydrogen-bond acceptors (Lipinski definition) is 11. The fourth-order valence-electron chi connectivity index (χ4n) is 8.37. The molecule has 306 valence electrons. The van der Waals surface area contributed by atoms with E-state index in [1.807, 2.05) is 62.3 Å². The lowest BCUT2D eigenvalue weighted by Gasteiger charge is -2.32. The van der Waals surface area contributed by atoms with E-state index in [4.69, 9.17) is 19.2 Å². The molecule has 2 aliphatic heterocycles. The second-order valence-electron chi connectivity index (χ2n) is 17.4. The molecule has 56 heavy (non-hydrogen) atoms. The van der Waals surface area contributed by atoms with Gasteiger partial charge in [0.2, 0.25) is 27.7 Å². The summed E-state index contributed by atoms with van der Waals surface area (Å²) in [6, 6.07) is 6.51. The summed E-state index contributed by atoms with van der Waals surface area (Å²) >= 11 is 0. The van der Waals surface area contributed by atoms with Gasteiger partial charge >= 0.3 is 5.97 Å². The Balaban J connectivity index is 1.37. The number of carbonyl (C=O) groups is 4. The standard InChI is InChI=1S/C42H58N4O9S/c1-25(2)54-37(48)21-33-27(4)17-26(3)11-9-10-12-29-22-42(29,40(50)44-56(51,52)41(5)15-16-41)23-35(47)34-20-31(24-46(34)39(33)49)55-38-32-14-13-30(53-8)18-28(32)19-36(43-38)45(6)7/h10,12-14,18-19,25-27,29,31,33-34H,9,11,15-17,20-24H2,1-8H3,(H,44,50)/b12-10-/t26-,27+,29+,31+,33-,34-,42+/m0/s1. The van der Waals surface area contributed by atoms with Crippen LogP contribution in [0.4, 0.5) is 5.82 Å². The van der Waals surface area contributed by atoms with E-state index in [2.05, 4.69) is 11.6 Å². The monoisotopic (exact) mass is 794 g/mol. The summed E-state index contributed by atoms with van der Waals surface area (Å²) in [7, 11) is 1.38. The van der Waals surface area contributed by atoms with Crippen molar-refractivity contribution in [2.45, 2.75) is 115 Å². The molecule has 14 heteroatoms. The Labute approximate surface area is 330 Å². The van der Waals surface area contributed by atoms with Crippen molar-refractivity contribution in [3.8, 4) is 11.6 Å². The van der Waals surface area contributed by atoms with Crippen molar-refractivity contribution in [1.29, 1.82) is 0 Å². The second kappa shape index (κ2) is 16.0. The summed E-state index contributed by atoms with van der Waals surface area (Å²) in [5.41, 5.74) is -1.27. The molecule has 1 saturated heterocycles. The third kappa shape index (κ3) is 8.69. The van der Waals surface area contributed by atoms with E-state index in [0.717, 1.165) is 23.6 Å². The van der Waals surface area contributed by atoms with E-state index in [0.29, 0.717) is 43.1 Å². The Morgan fingerprint density at radius 2 is 1.84 bits per heavy atom. The zero-order valence-corrected chi connectivity index (χ0v) is 34.8. The van der Waals surface area contributed by atoms with Gasteiger partial charge < -0.3 is 24.0 Å². The third-order valence-electron chi connectivity index (χ3n) is 12.3. The van der Waals surface area contributed by atoms with Crippen molar-refractivity contribution in [2.75, 3.05) is 32.6 Å². The third-order valence-corrected chi connectivity index (χ3v) is 14.4. The average Bonchev–Trinajstić information content (AvgIpc) is 4.01. The number of anilines is 1. The normalized spacial score (nSPS) is 29.7. The predicted molar refractivity (Wildman–Crippen MR) is 213 cm³/mol. The van der Waals surface area contributed by atoms with E-state index < -0.39 is 50.1 Å². The summed E-state index contributed by atoms with van der Waals surface area (Å²) in [6.45, 7) is 9.29. The number of carbonyl (C=O) groups excluding carboxylic acids is 4. The molecular formula is C42H58N4O9S. The van der Waals surface area contributed by atoms with Gasteiger partial charge in [-0.2, -0.15) is 4.98 Å². The van der Waals surface area contributed by atoms with Crippen LogP contribution in [-0.2, 0) is 33.9 Å². The minimum absolute atomic E-state index is 0.0496. The van der Waals surface area contributed by atoms with Crippen LogP contribution < -0.4 is 19.1 Å². The maximum atomic E-state index is 14.9. The van der Waals surface area contributed by atoms with Crippen LogP contribution in [0, 0.1) is 29.1 Å². The maximum Gasteiger partial charge on any atom is 0.306 e. The van der Waals surface area contributed by atoms with Crippen LogP contribution in [0.1, 0.15) is 92.4 Å². The molecule has 1 aromatic carbocycles. The molecule has 6 rings (SSSR count). The van der Waals surface area contributed by atoms with Gasteiger partial charge in [0.1, 0.15) is 17.7 Å². The Morgan fingerprint density at radius 3 is 2.50 bits per heavy atom. The molecule has 2 aliphatic carbocycles. The van der Waals surface area contributed by atoms with Crippen molar-refractivity contribution in [2.24, 2.45) is 29.1 Å². The number of benzene rings is 1. The Morgan fingerprint density at radius 1 is 1.11 bits per heavy atom. The summed E-state index contributed by atoms with van der Waals surface area (Å²) in [6.07, 6.45) is 6.14. The number of esters is 1. The molecule has 2 saturated carbocycles. The molecule has 1 N–H and O–H groups in total. The molecule has 1 aromatic heterocycles. The van der Waals surface area contributed by atoms with Gasteiger partial charge in [0.05, 0.1) is 48.3 Å². The van der Waals surface area contributed by atoms with E-state index in [-0.39, 0.29) is 61.4 Å². The molecule has 3 heterocycles. The van der Waals surface area contributed by atoms with Crippen molar-refractivity contribution in [3.05, 3.63) is 36.4 Å². The van der Waals surface area contributed by atoms with E-state index in [9.17, 15) is 27.6 Å². The van der Waals surface area contributed by atoms with Gasteiger partial charge in [-0.15, -0.1) is 0 Å². The minimum Gasteiger partial charge on any atom is -0.497 e. The van der Waals surface area contributed by atoms with Gasteiger partial charge in [-0.25, -0.2) is 8.42 Å². The fraction of sp³-hybridized carbons (Fsp3) is 0.643. The molecule has 13 nitrogen and oxygen atoms in total. The van der Waals surface area contributed by atoms with Crippen LogP contribution in [-0.4, -0.2) is 92.6 Å².